The van der Waals surface area contributed by atoms with Crippen LogP contribution >= 0.6 is 0 Å². The van der Waals surface area contributed by atoms with Gasteiger partial charge in [0.15, 0.2) is 0 Å². The zero-order valence-electron chi connectivity index (χ0n) is 24.5. The van der Waals surface area contributed by atoms with Crippen LogP contribution in [0.2, 0.25) is 0 Å². The molecular weight excluding hydrogens is 554 g/mol. The van der Waals surface area contributed by atoms with E-state index in [1.54, 1.807) is 44.6 Å². The SMILES string of the molecule is CN(C)C=O.COc1ccc(NS(=O)(=O)c2cccc(C(=O)NN=Cc3cc(C)n(-c4ccc(C)cc4)c3C)c2)cc1. The molecule has 1 aromatic heterocycles. The maximum absolute atomic E-state index is 12.8. The predicted octanol–water partition coefficient (Wildman–Crippen LogP) is 4.68. The number of sulfonamides is 1. The number of methoxy groups -OCH3 is 1. The van der Waals surface area contributed by atoms with E-state index in [1.165, 1.54) is 41.8 Å². The fourth-order valence-electron chi connectivity index (χ4n) is 3.91. The lowest BCUT2D eigenvalue weighted by Gasteiger charge is -2.10. The molecular formula is C31H35N5O5S. The molecule has 0 aliphatic carbocycles. The van der Waals surface area contributed by atoms with Gasteiger partial charge >= 0.3 is 0 Å². The van der Waals surface area contributed by atoms with E-state index in [4.69, 9.17) is 4.74 Å². The zero-order valence-corrected chi connectivity index (χ0v) is 25.3. The summed E-state index contributed by atoms with van der Waals surface area (Å²) >= 11 is 0. The Labute approximate surface area is 246 Å². The second-order valence-corrected chi connectivity index (χ2v) is 11.3. The van der Waals surface area contributed by atoms with Crippen molar-refractivity contribution in [1.82, 2.24) is 14.9 Å². The Morgan fingerprint density at radius 2 is 1.60 bits per heavy atom. The van der Waals surface area contributed by atoms with Crippen LogP contribution in [0.4, 0.5) is 5.69 Å². The van der Waals surface area contributed by atoms with E-state index in [-0.39, 0.29) is 10.5 Å². The minimum Gasteiger partial charge on any atom is -0.497 e. The molecule has 0 radical (unpaired) electrons. The summed E-state index contributed by atoms with van der Waals surface area (Å²) in [6, 6.07) is 22.5. The second kappa shape index (κ2) is 14.1. The molecule has 0 fully saturated rings. The van der Waals surface area contributed by atoms with E-state index in [0.717, 1.165) is 29.0 Å². The van der Waals surface area contributed by atoms with Crippen LogP contribution in [0.1, 0.15) is 32.9 Å². The number of rotatable bonds is 9. The third-order valence-electron chi connectivity index (χ3n) is 6.09. The van der Waals surface area contributed by atoms with E-state index in [0.29, 0.717) is 11.4 Å². The lowest BCUT2D eigenvalue weighted by molar-refractivity contribution is -0.115. The molecule has 4 aromatic rings. The van der Waals surface area contributed by atoms with Gasteiger partial charge in [-0.25, -0.2) is 13.8 Å². The van der Waals surface area contributed by atoms with Gasteiger partial charge in [-0.05, 0) is 81.4 Å². The molecule has 0 saturated carbocycles. The number of carbonyl (C=O) groups is 2. The molecule has 3 aromatic carbocycles. The summed E-state index contributed by atoms with van der Waals surface area (Å²) in [4.78, 5) is 23.5. The van der Waals surface area contributed by atoms with E-state index in [9.17, 15) is 18.0 Å². The fraction of sp³-hybridized carbons (Fsp3) is 0.194. The Kier molecular flexibility index (Phi) is 10.6. The van der Waals surface area contributed by atoms with Crippen molar-refractivity contribution in [2.24, 2.45) is 5.10 Å². The van der Waals surface area contributed by atoms with Crippen molar-refractivity contribution in [2.45, 2.75) is 25.7 Å². The lowest BCUT2D eigenvalue weighted by atomic mass is 10.2. The highest BCUT2D eigenvalue weighted by Gasteiger charge is 2.17. The van der Waals surface area contributed by atoms with Gasteiger partial charge < -0.3 is 14.2 Å². The molecule has 0 atom stereocenters. The normalized spacial score (nSPS) is 10.9. The summed E-state index contributed by atoms with van der Waals surface area (Å²) in [7, 11) is 1.01. The molecule has 2 N–H and O–H groups in total. The van der Waals surface area contributed by atoms with Gasteiger partial charge in [-0.15, -0.1) is 0 Å². The molecule has 1 heterocycles. The summed E-state index contributed by atoms with van der Waals surface area (Å²) in [5, 5.41) is 4.10. The van der Waals surface area contributed by atoms with Crippen molar-refractivity contribution in [1.29, 1.82) is 0 Å². The Bertz CT molecular complexity index is 1660. The number of amides is 2. The highest BCUT2D eigenvalue weighted by atomic mass is 32.2. The molecule has 0 bridgehead atoms. The number of aryl methyl sites for hydroxylation is 2. The molecule has 0 unspecified atom stereocenters. The third kappa shape index (κ3) is 8.31. The van der Waals surface area contributed by atoms with Gasteiger partial charge in [-0.2, -0.15) is 5.10 Å². The van der Waals surface area contributed by atoms with Crippen LogP contribution in [0.5, 0.6) is 5.75 Å². The van der Waals surface area contributed by atoms with Crippen molar-refractivity contribution in [3.63, 3.8) is 0 Å². The monoisotopic (exact) mass is 589 g/mol. The first-order valence-corrected chi connectivity index (χ1v) is 14.4. The predicted molar refractivity (Wildman–Crippen MR) is 165 cm³/mol. The largest absolute Gasteiger partial charge is 0.497 e. The number of hydrogen-bond acceptors (Lipinski definition) is 6. The topological polar surface area (TPSA) is 122 Å². The number of ether oxygens (including phenoxy) is 1. The van der Waals surface area contributed by atoms with Crippen LogP contribution in [0.25, 0.3) is 5.69 Å². The molecule has 0 aliphatic heterocycles. The maximum Gasteiger partial charge on any atom is 0.271 e. The van der Waals surface area contributed by atoms with E-state index in [1.807, 2.05) is 26.8 Å². The molecule has 42 heavy (non-hydrogen) atoms. The first-order chi connectivity index (χ1) is 19.9. The highest BCUT2D eigenvalue weighted by molar-refractivity contribution is 7.92. The first-order valence-electron chi connectivity index (χ1n) is 12.9. The van der Waals surface area contributed by atoms with Crippen LogP contribution < -0.4 is 14.9 Å². The second-order valence-electron chi connectivity index (χ2n) is 9.63. The first kappa shape index (κ1) is 31.6. The number of nitrogens with zero attached hydrogens (tertiary/aromatic N) is 3. The average molecular weight is 590 g/mol. The van der Waals surface area contributed by atoms with Crippen LogP contribution in [-0.4, -0.2) is 57.6 Å². The summed E-state index contributed by atoms with van der Waals surface area (Å²) in [5.41, 5.74) is 8.14. The van der Waals surface area contributed by atoms with Crippen molar-refractivity contribution < 1.29 is 22.7 Å². The van der Waals surface area contributed by atoms with Crippen LogP contribution in [0.3, 0.4) is 0 Å². The zero-order chi connectivity index (χ0) is 30.9. The minimum absolute atomic E-state index is 0.0402. The van der Waals surface area contributed by atoms with Crippen molar-refractivity contribution in [2.75, 3.05) is 25.9 Å². The molecule has 4 rings (SSSR count). The Morgan fingerprint density at radius 1 is 0.952 bits per heavy atom. The molecule has 0 aliphatic rings. The Balaban J connectivity index is 0.000000892. The number of nitrogens with one attached hydrogen (secondary N) is 2. The summed E-state index contributed by atoms with van der Waals surface area (Å²) in [6.45, 7) is 6.04. The van der Waals surface area contributed by atoms with E-state index in [2.05, 4.69) is 44.1 Å². The van der Waals surface area contributed by atoms with Gasteiger partial charge in [0.05, 0.1) is 18.2 Å². The van der Waals surface area contributed by atoms with Crippen molar-refractivity contribution in [3.8, 4) is 11.4 Å². The Hall–Kier alpha value is -4.90. The standard InChI is InChI=1S/C28H28N4O4S.C3H7NO/c1-19-8-12-25(13-9-19)32-20(2)16-23(21(32)3)18-29-30-28(33)22-6-5-7-27(17-22)37(34,35)31-24-10-14-26(36-4)15-11-24;1-4(2)3-5/h5-18,31H,1-4H3,(H,30,33);3H,1-2H3. The quantitative estimate of drug-likeness (QED) is 0.167. The smallest absolute Gasteiger partial charge is 0.271 e. The van der Waals surface area contributed by atoms with Crippen LogP contribution in [0, 0.1) is 20.8 Å². The van der Waals surface area contributed by atoms with Crippen LogP contribution in [-0.2, 0) is 14.8 Å². The molecule has 0 spiro atoms. The third-order valence-corrected chi connectivity index (χ3v) is 7.47. The summed E-state index contributed by atoms with van der Waals surface area (Å²) in [5.74, 6) is 0.0873. The van der Waals surface area contributed by atoms with Gasteiger partial charge in [-0.1, -0.05) is 23.8 Å². The van der Waals surface area contributed by atoms with Gasteiger partial charge in [0.1, 0.15) is 5.75 Å². The van der Waals surface area contributed by atoms with Crippen molar-refractivity contribution >= 4 is 34.2 Å². The lowest BCUT2D eigenvalue weighted by Crippen LogP contribution is -2.19. The number of hydrazone groups is 1. The van der Waals surface area contributed by atoms with Crippen molar-refractivity contribution in [3.05, 3.63) is 107 Å². The summed E-state index contributed by atoms with van der Waals surface area (Å²) < 4.78 is 35.4. The average Bonchev–Trinajstić information content (AvgIpc) is 3.26. The molecule has 2 amide bonds. The fourth-order valence-corrected chi connectivity index (χ4v) is 5.02. The summed E-state index contributed by atoms with van der Waals surface area (Å²) in [6.07, 6.45) is 2.33. The number of anilines is 1. The highest BCUT2D eigenvalue weighted by Crippen LogP contribution is 2.21. The van der Waals surface area contributed by atoms with E-state index < -0.39 is 15.9 Å². The number of benzene rings is 3. The van der Waals surface area contributed by atoms with Gasteiger partial charge in [0.2, 0.25) is 6.41 Å². The van der Waals surface area contributed by atoms with Gasteiger partial charge in [-0.3, -0.25) is 14.3 Å². The number of aromatic nitrogens is 1. The maximum atomic E-state index is 12.8. The molecule has 0 saturated heterocycles. The van der Waals surface area contributed by atoms with E-state index >= 15 is 0 Å². The number of carbonyl (C=O) groups excluding carboxylic acids is 2. The van der Waals surface area contributed by atoms with Crippen LogP contribution in [0.15, 0.2) is 88.9 Å². The minimum atomic E-state index is -3.90. The molecule has 10 nitrogen and oxygen atoms in total. The van der Waals surface area contributed by atoms with Gasteiger partial charge in [0.25, 0.3) is 15.9 Å². The van der Waals surface area contributed by atoms with Gasteiger partial charge in [0, 0.05) is 48.0 Å². The molecule has 11 heteroatoms. The Morgan fingerprint density at radius 3 is 2.19 bits per heavy atom. The molecule has 220 valence electrons. The number of hydrogen-bond donors (Lipinski definition) is 2.